The number of hydrogen-bond donors (Lipinski definition) is 3. The highest BCUT2D eigenvalue weighted by atomic mass is 32.2. The summed E-state index contributed by atoms with van der Waals surface area (Å²) < 4.78 is 58.1. The number of piperidine rings is 1. The second kappa shape index (κ2) is 11.5. The quantitative estimate of drug-likeness (QED) is 0.255. The van der Waals surface area contributed by atoms with Crippen molar-refractivity contribution >= 4 is 38.5 Å². The molecule has 10 nitrogen and oxygen atoms in total. The molecule has 216 valence electrons. The third kappa shape index (κ3) is 5.65. The largest absolute Gasteiger partial charge is 0.357 e. The van der Waals surface area contributed by atoms with E-state index >= 15 is 4.39 Å². The predicted octanol–water partition coefficient (Wildman–Crippen LogP) is 3.93. The van der Waals surface area contributed by atoms with Crippen LogP contribution in [0.15, 0.2) is 48.9 Å². The number of anilines is 2. The van der Waals surface area contributed by atoms with Crippen molar-refractivity contribution in [2.45, 2.75) is 25.8 Å². The Bertz CT molecular complexity index is 1690. The van der Waals surface area contributed by atoms with Gasteiger partial charge in [0.05, 0.1) is 11.3 Å². The average molecular weight is 584 g/mol. The normalized spacial score (nSPS) is 14.6. The van der Waals surface area contributed by atoms with E-state index in [1.165, 1.54) is 13.2 Å². The van der Waals surface area contributed by atoms with Crippen LogP contribution in [-0.4, -0.2) is 73.2 Å². The number of hydrogen-bond acceptors (Lipinski definition) is 7. The Kier molecular flexibility index (Phi) is 8.02. The molecule has 1 aromatic carbocycles. The van der Waals surface area contributed by atoms with Crippen LogP contribution < -0.4 is 14.9 Å². The summed E-state index contributed by atoms with van der Waals surface area (Å²) in [6.45, 7) is 3.55. The molecular formula is C28H31F2N7O3S. The lowest BCUT2D eigenvalue weighted by Gasteiger charge is -2.32. The lowest BCUT2D eigenvalue weighted by Crippen LogP contribution is -2.41. The number of fused-ring (bicyclic) bond motifs is 1. The van der Waals surface area contributed by atoms with Gasteiger partial charge < -0.3 is 15.2 Å². The fraction of sp³-hybridized carbons (Fsp3) is 0.321. The van der Waals surface area contributed by atoms with Gasteiger partial charge in [-0.3, -0.25) is 9.52 Å². The van der Waals surface area contributed by atoms with E-state index in [-0.39, 0.29) is 12.1 Å². The third-order valence-corrected chi connectivity index (χ3v) is 9.05. The summed E-state index contributed by atoms with van der Waals surface area (Å²) in [5.41, 5.74) is 0.385. The van der Waals surface area contributed by atoms with Gasteiger partial charge in [-0.15, -0.1) is 0 Å². The summed E-state index contributed by atoms with van der Waals surface area (Å²) in [6, 6.07) is 7.88. The highest BCUT2D eigenvalue weighted by Gasteiger charge is 2.27. The number of aromatic amines is 1. The first kappa shape index (κ1) is 28.6. The summed E-state index contributed by atoms with van der Waals surface area (Å²) in [7, 11) is -0.815. The number of halogens is 2. The minimum absolute atomic E-state index is 0.00480. The van der Waals surface area contributed by atoms with Gasteiger partial charge in [0.1, 0.15) is 17.3 Å². The van der Waals surface area contributed by atoms with Gasteiger partial charge in [-0.25, -0.2) is 18.7 Å². The first-order chi connectivity index (χ1) is 19.6. The van der Waals surface area contributed by atoms with Crippen molar-refractivity contribution in [2.75, 3.05) is 43.4 Å². The van der Waals surface area contributed by atoms with Crippen molar-refractivity contribution in [1.82, 2.24) is 24.6 Å². The highest BCUT2D eigenvalue weighted by Crippen LogP contribution is 2.30. The number of rotatable bonds is 9. The van der Waals surface area contributed by atoms with E-state index in [0.29, 0.717) is 22.6 Å². The number of H-pyrrole nitrogens is 1. The SMILES string of the molecule is CCN(C)S(=O)(=O)Nc1ccc(F)c(C(=O)c2c[nH]c3ncc(-c4ccc(N5CCC(NC)CC5)nc4)cc23)c1F. The van der Waals surface area contributed by atoms with Crippen LogP contribution in [0.1, 0.15) is 35.7 Å². The number of carbonyl (C=O) groups excluding carboxylic acids is 1. The minimum Gasteiger partial charge on any atom is -0.357 e. The van der Waals surface area contributed by atoms with E-state index in [0.717, 1.165) is 53.8 Å². The second-order valence-electron chi connectivity index (χ2n) is 9.91. The molecule has 0 atom stereocenters. The van der Waals surface area contributed by atoms with Crippen LogP contribution in [0.5, 0.6) is 0 Å². The van der Waals surface area contributed by atoms with Gasteiger partial charge in [0, 0.05) is 73.4 Å². The van der Waals surface area contributed by atoms with Crippen molar-refractivity contribution in [3.05, 3.63) is 71.7 Å². The molecule has 0 bridgehead atoms. The van der Waals surface area contributed by atoms with E-state index in [9.17, 15) is 17.6 Å². The number of aromatic nitrogens is 3. The van der Waals surface area contributed by atoms with E-state index < -0.39 is 38.9 Å². The van der Waals surface area contributed by atoms with Gasteiger partial charge in [-0.2, -0.15) is 12.7 Å². The molecule has 0 saturated carbocycles. The number of nitrogens with zero attached hydrogens (tertiary/aromatic N) is 4. The molecule has 1 aliphatic rings. The Morgan fingerprint density at radius 1 is 1.12 bits per heavy atom. The summed E-state index contributed by atoms with van der Waals surface area (Å²) in [4.78, 5) is 27.6. The molecule has 0 radical (unpaired) electrons. The van der Waals surface area contributed by atoms with Crippen molar-refractivity contribution in [3.63, 3.8) is 0 Å². The van der Waals surface area contributed by atoms with Crippen molar-refractivity contribution in [3.8, 4) is 11.1 Å². The van der Waals surface area contributed by atoms with Gasteiger partial charge in [0.25, 0.3) is 0 Å². The van der Waals surface area contributed by atoms with Crippen molar-refractivity contribution in [2.24, 2.45) is 0 Å². The zero-order valence-electron chi connectivity index (χ0n) is 22.9. The first-order valence-corrected chi connectivity index (χ1v) is 14.7. The minimum atomic E-state index is -4.10. The fourth-order valence-electron chi connectivity index (χ4n) is 4.85. The van der Waals surface area contributed by atoms with Crippen LogP contribution in [0.3, 0.4) is 0 Å². The summed E-state index contributed by atoms with van der Waals surface area (Å²) in [6.07, 6.45) is 6.77. The molecule has 3 N–H and O–H groups in total. The highest BCUT2D eigenvalue weighted by molar-refractivity contribution is 7.90. The van der Waals surface area contributed by atoms with Gasteiger partial charge in [-0.1, -0.05) is 6.92 Å². The van der Waals surface area contributed by atoms with E-state index in [2.05, 4.69) is 29.9 Å². The first-order valence-electron chi connectivity index (χ1n) is 13.3. The topological polar surface area (TPSA) is 123 Å². The summed E-state index contributed by atoms with van der Waals surface area (Å²) in [5.74, 6) is -2.49. The lowest BCUT2D eigenvalue weighted by molar-refractivity contribution is 0.103. The molecule has 0 amide bonds. The van der Waals surface area contributed by atoms with Gasteiger partial charge in [0.2, 0.25) is 5.78 Å². The second-order valence-corrected chi connectivity index (χ2v) is 11.7. The van der Waals surface area contributed by atoms with Gasteiger partial charge >= 0.3 is 10.2 Å². The van der Waals surface area contributed by atoms with Gasteiger partial charge in [0.15, 0.2) is 5.82 Å². The average Bonchev–Trinajstić information content (AvgIpc) is 3.41. The molecule has 1 aliphatic heterocycles. The third-order valence-electron chi connectivity index (χ3n) is 7.50. The number of pyridine rings is 2. The molecule has 1 fully saturated rings. The Morgan fingerprint density at radius 3 is 2.51 bits per heavy atom. The Hall–Kier alpha value is -3.94. The number of carbonyl (C=O) groups is 1. The van der Waals surface area contributed by atoms with E-state index in [4.69, 9.17) is 0 Å². The number of ketones is 1. The number of nitrogens with one attached hydrogen (secondary N) is 3. The Labute approximate surface area is 237 Å². The maximum atomic E-state index is 15.4. The maximum Gasteiger partial charge on any atom is 0.301 e. The molecule has 0 aliphatic carbocycles. The van der Waals surface area contributed by atoms with Crippen LogP contribution in [-0.2, 0) is 10.2 Å². The zero-order chi connectivity index (χ0) is 29.3. The van der Waals surface area contributed by atoms with Gasteiger partial charge in [-0.05, 0) is 50.2 Å². The molecule has 4 heterocycles. The Balaban J connectivity index is 1.44. The van der Waals surface area contributed by atoms with E-state index in [1.807, 2.05) is 19.2 Å². The molecule has 41 heavy (non-hydrogen) atoms. The lowest BCUT2D eigenvalue weighted by atomic mass is 10.00. The van der Waals surface area contributed by atoms with Crippen molar-refractivity contribution in [1.29, 1.82) is 0 Å². The van der Waals surface area contributed by atoms with Crippen LogP contribution >= 0.6 is 0 Å². The molecule has 1 saturated heterocycles. The van der Waals surface area contributed by atoms with Crippen LogP contribution in [0.4, 0.5) is 20.3 Å². The molecule has 3 aromatic heterocycles. The standard InChI is InChI=1S/C28H31F2N7O3S/c1-4-36(3)41(39,40)35-23-7-6-22(29)25(26(23)30)27(38)21-16-34-28-20(21)13-18(15-33-28)17-5-8-24(32-14-17)37-11-9-19(31-2)10-12-37/h5-8,13-16,19,31,35H,4,9-12H2,1-3H3,(H,33,34). The predicted molar refractivity (Wildman–Crippen MR) is 154 cm³/mol. The molecule has 4 aromatic rings. The summed E-state index contributed by atoms with van der Waals surface area (Å²) >= 11 is 0. The molecular weight excluding hydrogens is 552 g/mol. The molecule has 13 heteroatoms. The number of benzene rings is 1. The fourth-order valence-corrected chi connectivity index (χ4v) is 5.78. The van der Waals surface area contributed by atoms with Crippen LogP contribution in [0.25, 0.3) is 22.2 Å². The molecule has 0 spiro atoms. The monoisotopic (exact) mass is 583 g/mol. The van der Waals surface area contributed by atoms with Crippen LogP contribution in [0.2, 0.25) is 0 Å². The zero-order valence-corrected chi connectivity index (χ0v) is 23.7. The van der Waals surface area contributed by atoms with Crippen LogP contribution in [0, 0.1) is 11.6 Å². The van der Waals surface area contributed by atoms with Crippen molar-refractivity contribution < 1.29 is 22.0 Å². The molecule has 5 rings (SSSR count). The smallest absolute Gasteiger partial charge is 0.301 e. The maximum absolute atomic E-state index is 15.4. The molecule has 0 unspecified atom stereocenters. The Morgan fingerprint density at radius 2 is 1.85 bits per heavy atom. The van der Waals surface area contributed by atoms with E-state index in [1.54, 1.807) is 25.4 Å². The summed E-state index contributed by atoms with van der Waals surface area (Å²) in [5, 5.41) is 3.68.